The third-order valence-electron chi connectivity index (χ3n) is 5.88. The van der Waals surface area contributed by atoms with Gasteiger partial charge in [-0.1, -0.05) is 0 Å². The van der Waals surface area contributed by atoms with Crippen molar-refractivity contribution in [2.75, 3.05) is 51.4 Å². The number of carbonyl (C=O) groups is 1. The van der Waals surface area contributed by atoms with Crippen molar-refractivity contribution >= 4 is 17.4 Å². The molecule has 2 aliphatic rings. The van der Waals surface area contributed by atoms with E-state index in [1.165, 1.54) is 0 Å². The van der Waals surface area contributed by atoms with Crippen LogP contribution in [0.5, 0.6) is 0 Å². The van der Waals surface area contributed by atoms with Gasteiger partial charge in [0.2, 0.25) is 5.82 Å². The first-order chi connectivity index (χ1) is 15.2. The second-order valence-electron chi connectivity index (χ2n) is 7.74. The molecule has 0 bridgehead atoms. The second kappa shape index (κ2) is 8.56. The molecule has 5 rings (SSSR count). The average molecular weight is 423 g/mol. The van der Waals surface area contributed by atoms with E-state index in [1.54, 1.807) is 30.0 Å². The van der Waals surface area contributed by atoms with Gasteiger partial charge in [-0.15, -0.1) is 15.3 Å². The molecule has 31 heavy (non-hydrogen) atoms. The van der Waals surface area contributed by atoms with E-state index in [2.05, 4.69) is 20.1 Å². The number of fused-ring (bicyclic) bond motifs is 1. The molecule has 0 saturated carbocycles. The smallest absolute Gasteiger partial charge is 0.253 e. The summed E-state index contributed by atoms with van der Waals surface area (Å²) in [6.45, 7) is 4.32. The van der Waals surface area contributed by atoms with Crippen LogP contribution in [-0.4, -0.2) is 88.2 Å². The molecule has 5 heterocycles. The fraction of sp³-hybridized carbons (Fsp3) is 0.476. The van der Waals surface area contributed by atoms with Crippen LogP contribution in [0.3, 0.4) is 0 Å². The zero-order chi connectivity index (χ0) is 21.2. The molecule has 10 heteroatoms. The van der Waals surface area contributed by atoms with Crippen LogP contribution in [0.25, 0.3) is 17.2 Å². The van der Waals surface area contributed by atoms with Crippen molar-refractivity contribution in [2.45, 2.75) is 18.9 Å². The molecule has 1 amide bonds. The predicted molar refractivity (Wildman–Crippen MR) is 113 cm³/mol. The normalized spacial score (nSPS) is 18.0. The van der Waals surface area contributed by atoms with Crippen molar-refractivity contribution in [3.63, 3.8) is 0 Å². The number of rotatable bonds is 4. The van der Waals surface area contributed by atoms with E-state index in [0.717, 1.165) is 31.7 Å². The minimum Gasteiger partial charge on any atom is -0.381 e. The minimum absolute atomic E-state index is 0.00557. The second-order valence-corrected chi connectivity index (χ2v) is 7.74. The van der Waals surface area contributed by atoms with Crippen molar-refractivity contribution in [2.24, 2.45) is 0 Å². The Morgan fingerprint density at radius 3 is 2.68 bits per heavy atom. The topological polar surface area (TPSA) is 98.0 Å². The van der Waals surface area contributed by atoms with Crippen molar-refractivity contribution in [3.8, 4) is 11.5 Å². The highest BCUT2D eigenvalue weighted by atomic mass is 16.5. The Kier molecular flexibility index (Phi) is 5.47. The fourth-order valence-corrected chi connectivity index (χ4v) is 4.06. The Bertz CT molecular complexity index is 1070. The Morgan fingerprint density at radius 2 is 1.90 bits per heavy atom. The molecule has 0 spiro atoms. The first kappa shape index (κ1) is 19.8. The predicted octanol–water partition coefficient (Wildman–Crippen LogP) is 1.27. The van der Waals surface area contributed by atoms with E-state index >= 15 is 0 Å². The van der Waals surface area contributed by atoms with Gasteiger partial charge < -0.3 is 19.3 Å². The summed E-state index contributed by atoms with van der Waals surface area (Å²) in [6, 6.07) is 7.34. The number of nitrogens with zero attached hydrogens (tertiary/aromatic N) is 7. The van der Waals surface area contributed by atoms with Gasteiger partial charge in [0.05, 0.1) is 19.3 Å². The largest absolute Gasteiger partial charge is 0.381 e. The molecule has 10 nitrogen and oxygen atoms in total. The molecule has 3 aromatic rings. The van der Waals surface area contributed by atoms with E-state index in [-0.39, 0.29) is 12.0 Å². The van der Waals surface area contributed by atoms with E-state index in [0.29, 0.717) is 49.0 Å². The molecule has 162 valence electrons. The number of likely N-dealkylation sites (tertiary alicyclic amines) is 1. The van der Waals surface area contributed by atoms with Crippen molar-refractivity contribution in [1.29, 1.82) is 0 Å². The summed E-state index contributed by atoms with van der Waals surface area (Å²) in [6.07, 6.45) is 3.57. The average Bonchev–Trinajstić information content (AvgIpc) is 3.27. The number of morpholine rings is 1. The first-order valence-electron chi connectivity index (χ1n) is 10.6. The van der Waals surface area contributed by atoms with Crippen LogP contribution in [0, 0.1) is 0 Å². The Balaban J connectivity index is 1.42. The van der Waals surface area contributed by atoms with Crippen molar-refractivity contribution in [1.82, 2.24) is 29.7 Å². The number of methoxy groups -OCH3 is 1. The molecule has 2 saturated heterocycles. The van der Waals surface area contributed by atoms with Gasteiger partial charge in [0.1, 0.15) is 11.5 Å². The number of aromatic nitrogens is 5. The molecule has 3 aromatic heterocycles. The highest BCUT2D eigenvalue weighted by Crippen LogP contribution is 2.21. The highest BCUT2D eigenvalue weighted by molar-refractivity contribution is 5.95. The quantitative estimate of drug-likeness (QED) is 0.619. The summed E-state index contributed by atoms with van der Waals surface area (Å²) in [5.74, 6) is 1.34. The molecule has 0 unspecified atom stereocenters. The van der Waals surface area contributed by atoms with E-state index in [4.69, 9.17) is 14.6 Å². The van der Waals surface area contributed by atoms with Crippen LogP contribution >= 0.6 is 0 Å². The molecule has 0 radical (unpaired) electrons. The molecular formula is C21H25N7O3. The summed E-state index contributed by atoms with van der Waals surface area (Å²) < 4.78 is 12.5. The standard InChI is InChI=1S/C21H25N7O3/c1-30-16-5-8-27(9-6-16)21(29)15-4-7-22-17(14-15)20-24-23-18-2-3-19(25-28(18)20)26-10-12-31-13-11-26/h2-4,7,14,16H,5-6,8-13H2,1H3. The molecule has 2 aliphatic heterocycles. The molecular weight excluding hydrogens is 398 g/mol. The number of pyridine rings is 1. The van der Waals surface area contributed by atoms with Crippen LogP contribution in [0.4, 0.5) is 5.82 Å². The van der Waals surface area contributed by atoms with Gasteiger partial charge in [0.25, 0.3) is 5.91 Å². The number of hydrogen-bond donors (Lipinski definition) is 0. The van der Waals surface area contributed by atoms with Crippen LogP contribution < -0.4 is 4.90 Å². The summed E-state index contributed by atoms with van der Waals surface area (Å²) in [5, 5.41) is 13.2. The van der Waals surface area contributed by atoms with Gasteiger partial charge in [0, 0.05) is 45.0 Å². The van der Waals surface area contributed by atoms with Crippen molar-refractivity contribution < 1.29 is 14.3 Å². The minimum atomic E-state index is -0.00557. The summed E-state index contributed by atoms with van der Waals surface area (Å²) in [4.78, 5) is 21.5. The maximum Gasteiger partial charge on any atom is 0.253 e. The van der Waals surface area contributed by atoms with Gasteiger partial charge in [0.15, 0.2) is 5.65 Å². The van der Waals surface area contributed by atoms with Crippen LogP contribution in [0.1, 0.15) is 23.2 Å². The van der Waals surface area contributed by atoms with Crippen LogP contribution in [-0.2, 0) is 9.47 Å². The van der Waals surface area contributed by atoms with E-state index in [9.17, 15) is 4.79 Å². The zero-order valence-corrected chi connectivity index (χ0v) is 17.5. The number of ether oxygens (including phenoxy) is 2. The molecule has 2 fully saturated rings. The number of amides is 1. The lowest BCUT2D eigenvalue weighted by Gasteiger charge is -2.31. The lowest BCUT2D eigenvalue weighted by molar-refractivity contribution is 0.0350. The summed E-state index contributed by atoms with van der Waals surface area (Å²) >= 11 is 0. The van der Waals surface area contributed by atoms with Crippen LogP contribution in [0.2, 0.25) is 0 Å². The molecule has 0 aliphatic carbocycles. The third kappa shape index (κ3) is 3.96. The number of anilines is 1. The number of piperidine rings is 1. The van der Waals surface area contributed by atoms with Gasteiger partial charge in [-0.2, -0.15) is 4.52 Å². The van der Waals surface area contributed by atoms with E-state index in [1.807, 2.05) is 17.0 Å². The number of hydrogen-bond acceptors (Lipinski definition) is 8. The SMILES string of the molecule is COC1CCN(C(=O)c2ccnc(-c3nnc4ccc(N5CCOCC5)nn34)c2)CC1. The maximum absolute atomic E-state index is 13.0. The highest BCUT2D eigenvalue weighted by Gasteiger charge is 2.24. The number of carbonyl (C=O) groups excluding carboxylic acids is 1. The summed E-state index contributed by atoms with van der Waals surface area (Å²) in [7, 11) is 1.72. The van der Waals surface area contributed by atoms with E-state index < -0.39 is 0 Å². The Hall–Kier alpha value is -3.11. The zero-order valence-electron chi connectivity index (χ0n) is 17.5. The van der Waals surface area contributed by atoms with Gasteiger partial charge in [-0.25, -0.2) is 0 Å². The van der Waals surface area contributed by atoms with Gasteiger partial charge >= 0.3 is 0 Å². The lowest BCUT2D eigenvalue weighted by Crippen LogP contribution is -2.40. The van der Waals surface area contributed by atoms with Crippen molar-refractivity contribution in [3.05, 3.63) is 36.0 Å². The monoisotopic (exact) mass is 423 g/mol. The Morgan fingerprint density at radius 1 is 1.10 bits per heavy atom. The van der Waals surface area contributed by atoms with Crippen LogP contribution in [0.15, 0.2) is 30.5 Å². The first-order valence-corrected chi connectivity index (χ1v) is 10.6. The molecule has 0 atom stereocenters. The molecule has 0 N–H and O–H groups in total. The Labute approximate surface area is 179 Å². The summed E-state index contributed by atoms with van der Waals surface area (Å²) in [5.41, 5.74) is 1.78. The maximum atomic E-state index is 13.0. The third-order valence-corrected chi connectivity index (χ3v) is 5.88. The van der Waals surface area contributed by atoms with Gasteiger partial charge in [-0.3, -0.25) is 9.78 Å². The van der Waals surface area contributed by atoms with Gasteiger partial charge in [-0.05, 0) is 37.1 Å². The lowest BCUT2D eigenvalue weighted by atomic mass is 10.1. The molecule has 0 aromatic carbocycles. The fourth-order valence-electron chi connectivity index (χ4n) is 4.06.